The highest BCUT2D eigenvalue weighted by molar-refractivity contribution is 6.33. The highest BCUT2D eigenvalue weighted by Crippen LogP contribution is 2.38. The maximum absolute atomic E-state index is 13.2. The highest BCUT2D eigenvalue weighted by atomic mass is 35.5. The fourth-order valence-electron chi connectivity index (χ4n) is 3.46. The van der Waals surface area contributed by atoms with Crippen LogP contribution in [0, 0.1) is 6.92 Å². The Morgan fingerprint density at radius 1 is 1.16 bits per heavy atom. The van der Waals surface area contributed by atoms with Crippen molar-refractivity contribution in [3.8, 4) is 11.5 Å². The second kappa shape index (κ2) is 8.14. The Bertz CT molecular complexity index is 1170. The Balaban J connectivity index is 2.17. The molecule has 0 aliphatic heterocycles. The number of carboxylic acid groups (broad SMARTS) is 1. The molecular weight excluding hydrogens is 439 g/mol. The SMILES string of the molecule is COc1cc2c(C(C)C(=O)O)c(C)n(C(=O)c3ccc(OC(F)(F)F)cc3)c2cc1Cl. The lowest BCUT2D eigenvalue weighted by molar-refractivity contribution is -0.274. The van der Waals surface area contributed by atoms with Crippen molar-refractivity contribution in [1.29, 1.82) is 0 Å². The van der Waals surface area contributed by atoms with Crippen molar-refractivity contribution >= 4 is 34.4 Å². The lowest BCUT2D eigenvalue weighted by Crippen LogP contribution is -2.17. The maximum Gasteiger partial charge on any atom is 0.573 e. The van der Waals surface area contributed by atoms with E-state index >= 15 is 0 Å². The van der Waals surface area contributed by atoms with Crippen molar-refractivity contribution in [3.63, 3.8) is 0 Å². The average Bonchev–Trinajstić information content (AvgIpc) is 2.96. The number of hydrogen-bond donors (Lipinski definition) is 1. The second-order valence-corrected chi connectivity index (χ2v) is 7.18. The molecule has 1 aromatic heterocycles. The smallest absolute Gasteiger partial charge is 0.495 e. The van der Waals surface area contributed by atoms with Crippen molar-refractivity contribution in [3.05, 3.63) is 58.2 Å². The minimum Gasteiger partial charge on any atom is -0.495 e. The Labute approximate surface area is 179 Å². The van der Waals surface area contributed by atoms with E-state index in [9.17, 15) is 27.9 Å². The third-order valence-corrected chi connectivity index (χ3v) is 5.16. The molecule has 31 heavy (non-hydrogen) atoms. The first-order valence-corrected chi connectivity index (χ1v) is 9.34. The van der Waals surface area contributed by atoms with Crippen molar-refractivity contribution in [2.75, 3.05) is 7.11 Å². The summed E-state index contributed by atoms with van der Waals surface area (Å²) in [6.45, 7) is 3.08. The van der Waals surface area contributed by atoms with Crippen molar-refractivity contribution in [2.45, 2.75) is 26.1 Å². The van der Waals surface area contributed by atoms with Gasteiger partial charge in [0.1, 0.15) is 11.5 Å². The summed E-state index contributed by atoms with van der Waals surface area (Å²) in [7, 11) is 1.41. The molecule has 0 aliphatic carbocycles. The van der Waals surface area contributed by atoms with Gasteiger partial charge in [0.25, 0.3) is 5.91 Å². The van der Waals surface area contributed by atoms with Crippen molar-refractivity contribution < 1.29 is 37.3 Å². The monoisotopic (exact) mass is 455 g/mol. The lowest BCUT2D eigenvalue weighted by Gasteiger charge is -2.11. The van der Waals surface area contributed by atoms with Crippen LogP contribution in [0.5, 0.6) is 11.5 Å². The van der Waals surface area contributed by atoms with Crippen LogP contribution in [-0.2, 0) is 4.79 Å². The van der Waals surface area contributed by atoms with Crippen LogP contribution in [0.3, 0.4) is 0 Å². The molecule has 3 aromatic rings. The first-order chi connectivity index (χ1) is 14.4. The molecule has 1 N–H and O–H groups in total. The number of hydrogen-bond acceptors (Lipinski definition) is 4. The van der Waals surface area contributed by atoms with Crippen LogP contribution in [0.2, 0.25) is 5.02 Å². The Morgan fingerprint density at radius 2 is 1.77 bits per heavy atom. The lowest BCUT2D eigenvalue weighted by atomic mass is 9.98. The number of carboxylic acids is 1. The number of benzene rings is 2. The molecule has 1 heterocycles. The number of rotatable bonds is 5. The van der Waals surface area contributed by atoms with Crippen LogP contribution in [-0.4, -0.2) is 35.0 Å². The normalized spacial score (nSPS) is 12.6. The molecule has 10 heteroatoms. The van der Waals surface area contributed by atoms with Crippen LogP contribution in [0.4, 0.5) is 13.2 Å². The van der Waals surface area contributed by atoms with Crippen LogP contribution >= 0.6 is 11.6 Å². The zero-order valence-corrected chi connectivity index (χ0v) is 17.3. The molecule has 0 saturated heterocycles. The zero-order valence-electron chi connectivity index (χ0n) is 16.6. The number of carbonyl (C=O) groups excluding carboxylic acids is 1. The number of carbonyl (C=O) groups is 2. The van der Waals surface area contributed by atoms with Crippen LogP contribution in [0.1, 0.15) is 34.5 Å². The van der Waals surface area contributed by atoms with Gasteiger partial charge in [0, 0.05) is 16.6 Å². The Morgan fingerprint density at radius 3 is 2.29 bits per heavy atom. The number of ether oxygens (including phenoxy) is 2. The largest absolute Gasteiger partial charge is 0.573 e. The average molecular weight is 456 g/mol. The Hall–Kier alpha value is -3.20. The molecule has 0 spiro atoms. The predicted octanol–water partition coefficient (Wildman–Crippen LogP) is 5.39. The number of halogens is 4. The summed E-state index contributed by atoms with van der Waals surface area (Å²) in [4.78, 5) is 24.9. The molecule has 0 fully saturated rings. The molecule has 0 aliphatic rings. The number of aliphatic carboxylic acids is 1. The summed E-state index contributed by atoms with van der Waals surface area (Å²) in [5.74, 6) is -2.74. The van der Waals surface area contributed by atoms with Crippen molar-refractivity contribution in [1.82, 2.24) is 4.57 Å². The molecule has 3 rings (SSSR count). The summed E-state index contributed by atoms with van der Waals surface area (Å²) in [6, 6.07) is 7.49. The van der Waals surface area contributed by atoms with E-state index in [-0.39, 0.29) is 10.6 Å². The molecule has 0 bridgehead atoms. The van der Waals surface area contributed by atoms with Crippen molar-refractivity contribution in [2.24, 2.45) is 0 Å². The van der Waals surface area contributed by atoms with Gasteiger partial charge >= 0.3 is 12.3 Å². The van der Waals surface area contributed by atoms with Gasteiger partial charge in [-0.3, -0.25) is 14.2 Å². The molecule has 1 atom stereocenters. The molecule has 164 valence electrons. The fourth-order valence-corrected chi connectivity index (χ4v) is 3.69. The molecular formula is C21H17ClF3NO5. The van der Waals surface area contributed by atoms with Crippen LogP contribution < -0.4 is 9.47 Å². The summed E-state index contributed by atoms with van der Waals surface area (Å²) in [5, 5.41) is 10.2. The fraction of sp³-hybridized carbons (Fsp3) is 0.238. The highest BCUT2D eigenvalue weighted by Gasteiger charge is 2.31. The molecule has 0 amide bonds. The summed E-state index contributed by atoms with van der Waals surface area (Å²) >= 11 is 6.22. The molecule has 0 radical (unpaired) electrons. The van der Waals surface area contributed by atoms with E-state index in [0.29, 0.717) is 27.9 Å². The zero-order chi connectivity index (χ0) is 23.1. The van der Waals surface area contributed by atoms with Gasteiger partial charge < -0.3 is 14.6 Å². The maximum atomic E-state index is 13.2. The van der Waals surface area contributed by atoms with Gasteiger partial charge in [-0.15, -0.1) is 13.2 Å². The van der Waals surface area contributed by atoms with Crippen LogP contribution in [0.15, 0.2) is 36.4 Å². The molecule has 1 unspecified atom stereocenters. The molecule has 2 aromatic carbocycles. The number of aromatic nitrogens is 1. The van der Waals surface area contributed by atoms with E-state index in [1.54, 1.807) is 13.0 Å². The standard InChI is InChI=1S/C21H17ClF3NO5/c1-10(20(28)29)18-11(2)26(16-9-15(22)17(30-3)8-14(16)18)19(27)12-4-6-13(7-5-12)31-21(23,24)25/h4-10H,1-3H3,(H,28,29). The van der Waals surface area contributed by atoms with E-state index in [1.807, 2.05) is 0 Å². The van der Waals surface area contributed by atoms with Gasteiger partial charge in [0.15, 0.2) is 0 Å². The number of alkyl halides is 3. The quantitative estimate of drug-likeness (QED) is 0.558. The first kappa shape index (κ1) is 22.5. The van der Waals surface area contributed by atoms with Gasteiger partial charge in [0.2, 0.25) is 0 Å². The predicted molar refractivity (Wildman–Crippen MR) is 107 cm³/mol. The van der Waals surface area contributed by atoms with E-state index < -0.39 is 29.9 Å². The van der Waals surface area contributed by atoms with E-state index in [1.165, 1.54) is 36.8 Å². The minimum absolute atomic E-state index is 0.0796. The Kier molecular flexibility index (Phi) is 5.91. The van der Waals surface area contributed by atoms with E-state index in [2.05, 4.69) is 4.74 Å². The summed E-state index contributed by atoms with van der Waals surface area (Å²) in [5.41, 5.74) is 1.21. The van der Waals surface area contributed by atoms with Gasteiger partial charge in [-0.05, 0) is 55.8 Å². The van der Waals surface area contributed by atoms with Crippen LogP contribution in [0.25, 0.3) is 10.9 Å². The number of nitrogens with zero attached hydrogens (tertiary/aromatic N) is 1. The van der Waals surface area contributed by atoms with E-state index in [4.69, 9.17) is 16.3 Å². The van der Waals surface area contributed by atoms with Gasteiger partial charge in [0.05, 0.1) is 23.6 Å². The van der Waals surface area contributed by atoms with Gasteiger partial charge in [-0.25, -0.2) is 0 Å². The summed E-state index contributed by atoms with van der Waals surface area (Å²) < 4.78 is 47.4. The third-order valence-electron chi connectivity index (χ3n) is 4.87. The molecule has 0 saturated carbocycles. The third kappa shape index (κ3) is 4.32. The minimum atomic E-state index is -4.85. The number of fused-ring (bicyclic) bond motifs is 1. The number of methoxy groups -OCH3 is 1. The summed E-state index contributed by atoms with van der Waals surface area (Å²) in [6.07, 6.45) is -4.85. The van der Waals surface area contributed by atoms with E-state index in [0.717, 1.165) is 12.1 Å². The van der Waals surface area contributed by atoms with Gasteiger partial charge in [-0.1, -0.05) is 11.6 Å². The molecule has 6 nitrogen and oxygen atoms in total. The first-order valence-electron chi connectivity index (χ1n) is 8.96. The van der Waals surface area contributed by atoms with Gasteiger partial charge in [-0.2, -0.15) is 0 Å². The second-order valence-electron chi connectivity index (χ2n) is 6.78. The topological polar surface area (TPSA) is 77.8 Å².